The van der Waals surface area contributed by atoms with Gasteiger partial charge in [0.25, 0.3) is 0 Å². The highest BCUT2D eigenvalue weighted by Gasteiger charge is 2.24. The summed E-state index contributed by atoms with van der Waals surface area (Å²) in [6, 6.07) is 15.5. The molecule has 2 aromatic rings. The number of hydrogen-bond acceptors (Lipinski definition) is 2. The lowest BCUT2D eigenvalue weighted by molar-refractivity contribution is 0.303. The summed E-state index contributed by atoms with van der Waals surface area (Å²) in [5.41, 5.74) is 19.8. The third kappa shape index (κ3) is 6.76. The summed E-state index contributed by atoms with van der Waals surface area (Å²) in [6.45, 7) is 15.7. The predicted octanol–water partition coefficient (Wildman–Crippen LogP) is 6.40. The summed E-state index contributed by atoms with van der Waals surface area (Å²) in [6.07, 6.45) is 2.97. The van der Waals surface area contributed by atoms with E-state index in [1.807, 2.05) is 0 Å². The van der Waals surface area contributed by atoms with Crippen LogP contribution in [0.3, 0.4) is 0 Å². The van der Waals surface area contributed by atoms with Crippen LogP contribution in [0.4, 0.5) is 0 Å². The molecule has 2 unspecified atom stereocenters. The Hall–Kier alpha value is -1.64. The van der Waals surface area contributed by atoms with Crippen molar-refractivity contribution in [1.82, 2.24) is 0 Å². The van der Waals surface area contributed by atoms with Gasteiger partial charge < -0.3 is 11.5 Å². The molecular formula is C26H40N2. The van der Waals surface area contributed by atoms with E-state index in [4.69, 9.17) is 11.5 Å². The van der Waals surface area contributed by atoms with Crippen molar-refractivity contribution in [2.24, 2.45) is 22.3 Å². The summed E-state index contributed by atoms with van der Waals surface area (Å²) in [5, 5.41) is 0. The van der Waals surface area contributed by atoms with Crippen LogP contribution >= 0.6 is 0 Å². The quantitative estimate of drug-likeness (QED) is 0.584. The van der Waals surface area contributed by atoms with Crippen LogP contribution in [0.1, 0.15) is 87.4 Å². The van der Waals surface area contributed by atoms with Crippen molar-refractivity contribution >= 4 is 0 Å². The molecule has 2 rings (SSSR count). The minimum absolute atomic E-state index is 0.0652. The lowest BCUT2D eigenvalue weighted by Gasteiger charge is -2.29. The van der Waals surface area contributed by atoms with Gasteiger partial charge in [-0.1, -0.05) is 82.6 Å². The van der Waals surface area contributed by atoms with E-state index in [-0.39, 0.29) is 22.9 Å². The molecular weight excluding hydrogens is 340 g/mol. The molecule has 0 radical (unpaired) electrons. The van der Waals surface area contributed by atoms with Gasteiger partial charge in [0.1, 0.15) is 0 Å². The Labute approximate surface area is 172 Å². The van der Waals surface area contributed by atoms with Crippen LogP contribution in [0.25, 0.3) is 0 Å². The molecule has 2 heteroatoms. The number of benzene rings is 2. The van der Waals surface area contributed by atoms with Gasteiger partial charge in [0.2, 0.25) is 0 Å². The van der Waals surface area contributed by atoms with Gasteiger partial charge in [0, 0.05) is 12.1 Å². The third-order valence-electron chi connectivity index (χ3n) is 5.57. The van der Waals surface area contributed by atoms with Crippen LogP contribution < -0.4 is 11.5 Å². The molecule has 0 saturated heterocycles. The second kappa shape index (κ2) is 8.80. The fourth-order valence-corrected chi connectivity index (χ4v) is 4.04. The lowest BCUT2D eigenvalue weighted by atomic mass is 9.77. The predicted molar refractivity (Wildman–Crippen MR) is 122 cm³/mol. The van der Waals surface area contributed by atoms with Gasteiger partial charge in [0.05, 0.1) is 0 Å². The van der Waals surface area contributed by atoms with Gasteiger partial charge in [-0.05, 0) is 66.2 Å². The normalized spacial score (nSPS) is 14.8. The molecule has 154 valence electrons. The Morgan fingerprint density at radius 3 is 1.82 bits per heavy atom. The highest BCUT2D eigenvalue weighted by molar-refractivity contribution is 5.33. The average Bonchev–Trinajstić information content (AvgIpc) is 2.55. The van der Waals surface area contributed by atoms with E-state index in [0.717, 1.165) is 19.3 Å². The summed E-state index contributed by atoms with van der Waals surface area (Å²) in [7, 11) is 0. The maximum atomic E-state index is 6.53. The zero-order valence-corrected chi connectivity index (χ0v) is 19.0. The van der Waals surface area contributed by atoms with Crippen LogP contribution in [0.2, 0.25) is 0 Å². The maximum absolute atomic E-state index is 6.53. The number of nitrogens with two attached hydrogens (primary N) is 2. The molecule has 0 aliphatic rings. The van der Waals surface area contributed by atoms with Crippen molar-refractivity contribution in [3.8, 4) is 0 Å². The van der Waals surface area contributed by atoms with Gasteiger partial charge >= 0.3 is 0 Å². The lowest BCUT2D eigenvalue weighted by Crippen LogP contribution is -2.24. The van der Waals surface area contributed by atoms with E-state index in [1.54, 1.807) is 0 Å². The average molecular weight is 381 g/mol. The van der Waals surface area contributed by atoms with E-state index in [2.05, 4.69) is 90.9 Å². The van der Waals surface area contributed by atoms with E-state index in [9.17, 15) is 0 Å². The molecule has 2 atom stereocenters. The monoisotopic (exact) mass is 380 g/mol. The molecule has 2 nitrogen and oxygen atoms in total. The Morgan fingerprint density at radius 2 is 1.29 bits per heavy atom. The van der Waals surface area contributed by atoms with E-state index in [0.29, 0.717) is 0 Å². The molecule has 0 aliphatic heterocycles. The molecule has 0 aromatic heterocycles. The first kappa shape index (κ1) is 22.6. The van der Waals surface area contributed by atoms with Crippen LogP contribution in [-0.4, -0.2) is 0 Å². The molecule has 0 amide bonds. The first-order chi connectivity index (χ1) is 12.9. The van der Waals surface area contributed by atoms with Crippen LogP contribution in [0.5, 0.6) is 0 Å². The first-order valence-electron chi connectivity index (χ1n) is 10.5. The third-order valence-corrected chi connectivity index (χ3v) is 5.57. The minimum Gasteiger partial charge on any atom is -0.324 e. The Morgan fingerprint density at radius 1 is 0.750 bits per heavy atom. The van der Waals surface area contributed by atoms with Crippen molar-refractivity contribution in [2.75, 3.05) is 0 Å². The highest BCUT2D eigenvalue weighted by Crippen LogP contribution is 2.34. The smallest absolute Gasteiger partial charge is 0.0300 e. The Kier molecular flexibility index (Phi) is 7.12. The summed E-state index contributed by atoms with van der Waals surface area (Å²) in [4.78, 5) is 0. The van der Waals surface area contributed by atoms with Crippen LogP contribution in [0, 0.1) is 24.7 Å². The van der Waals surface area contributed by atoms with Crippen molar-refractivity contribution < 1.29 is 0 Å². The fourth-order valence-electron chi connectivity index (χ4n) is 4.04. The molecule has 0 bridgehead atoms. The molecule has 28 heavy (non-hydrogen) atoms. The van der Waals surface area contributed by atoms with Crippen LogP contribution in [0.15, 0.2) is 42.5 Å². The fraction of sp³-hybridized carbons (Fsp3) is 0.538. The molecule has 2 aromatic carbocycles. The van der Waals surface area contributed by atoms with Crippen molar-refractivity contribution in [2.45, 2.75) is 79.8 Å². The molecule has 0 heterocycles. The Bertz CT molecular complexity index is 766. The summed E-state index contributed by atoms with van der Waals surface area (Å²) >= 11 is 0. The standard InChI is InChI=1S/C26H40N2/c1-18-8-10-20(11-9-18)24(28)17-26(6,7)15-22-13-12-21(14-19(22)2)23(27)16-25(3,4)5/h8-14,23-24H,15-17,27-28H2,1-7H3. The molecule has 0 aliphatic carbocycles. The molecule has 4 N–H and O–H groups in total. The molecule has 0 spiro atoms. The van der Waals surface area contributed by atoms with Crippen molar-refractivity contribution in [3.05, 3.63) is 70.3 Å². The van der Waals surface area contributed by atoms with E-state index < -0.39 is 0 Å². The number of aryl methyl sites for hydroxylation is 2. The van der Waals surface area contributed by atoms with E-state index in [1.165, 1.54) is 27.8 Å². The maximum Gasteiger partial charge on any atom is 0.0300 e. The highest BCUT2D eigenvalue weighted by atomic mass is 14.6. The van der Waals surface area contributed by atoms with Gasteiger partial charge in [-0.3, -0.25) is 0 Å². The number of hydrogen-bond donors (Lipinski definition) is 2. The van der Waals surface area contributed by atoms with Gasteiger partial charge in [-0.25, -0.2) is 0 Å². The zero-order chi connectivity index (χ0) is 21.1. The minimum atomic E-state index is 0.0652. The summed E-state index contributed by atoms with van der Waals surface area (Å²) < 4.78 is 0. The molecule has 0 saturated carbocycles. The van der Waals surface area contributed by atoms with Gasteiger partial charge in [0.15, 0.2) is 0 Å². The van der Waals surface area contributed by atoms with Crippen molar-refractivity contribution in [1.29, 1.82) is 0 Å². The zero-order valence-electron chi connectivity index (χ0n) is 19.0. The second-order valence-electron chi connectivity index (χ2n) is 10.6. The van der Waals surface area contributed by atoms with Gasteiger partial charge in [-0.15, -0.1) is 0 Å². The summed E-state index contributed by atoms with van der Waals surface area (Å²) in [5.74, 6) is 0. The number of rotatable bonds is 7. The van der Waals surface area contributed by atoms with Crippen molar-refractivity contribution in [3.63, 3.8) is 0 Å². The topological polar surface area (TPSA) is 52.0 Å². The SMILES string of the molecule is Cc1ccc(C(N)CC(C)(C)Cc2ccc(C(N)CC(C)(C)C)cc2C)cc1. The van der Waals surface area contributed by atoms with Gasteiger partial charge in [-0.2, -0.15) is 0 Å². The second-order valence-corrected chi connectivity index (χ2v) is 10.6. The largest absolute Gasteiger partial charge is 0.324 e. The van der Waals surface area contributed by atoms with E-state index >= 15 is 0 Å². The molecule has 0 fully saturated rings. The Balaban J connectivity index is 2.07. The van der Waals surface area contributed by atoms with Crippen LogP contribution in [-0.2, 0) is 6.42 Å². The first-order valence-corrected chi connectivity index (χ1v) is 10.5.